The third kappa shape index (κ3) is 4.76. The van der Waals surface area contributed by atoms with E-state index in [0.29, 0.717) is 28.4 Å². The third-order valence-corrected chi connectivity index (χ3v) is 5.89. The summed E-state index contributed by atoms with van der Waals surface area (Å²) in [7, 11) is 0. The fourth-order valence-corrected chi connectivity index (χ4v) is 4.20. The molecule has 8 nitrogen and oxygen atoms in total. The summed E-state index contributed by atoms with van der Waals surface area (Å²) in [6.45, 7) is 0.406. The lowest BCUT2D eigenvalue weighted by atomic mass is 10.0. The molecule has 3 amide bonds. The molecule has 1 saturated heterocycles. The first-order valence-electron chi connectivity index (χ1n) is 9.95. The van der Waals surface area contributed by atoms with Crippen LogP contribution in [0, 0.1) is 11.3 Å². The largest absolute Gasteiger partial charge is 0.454 e. The average molecular weight is 449 g/mol. The molecule has 4 rings (SSSR count). The summed E-state index contributed by atoms with van der Waals surface area (Å²) >= 11 is 0.864. The van der Waals surface area contributed by atoms with Crippen LogP contribution in [-0.4, -0.2) is 41.8 Å². The molecule has 162 valence electrons. The number of imide groups is 1. The van der Waals surface area contributed by atoms with Crippen LogP contribution in [0.4, 0.5) is 4.79 Å². The van der Waals surface area contributed by atoms with Crippen molar-refractivity contribution >= 4 is 34.9 Å². The maximum atomic E-state index is 12.6. The van der Waals surface area contributed by atoms with Gasteiger partial charge in [0, 0.05) is 19.5 Å². The first kappa shape index (κ1) is 21.5. The van der Waals surface area contributed by atoms with E-state index in [2.05, 4.69) is 11.4 Å². The first-order valence-corrected chi connectivity index (χ1v) is 10.8. The molecule has 0 saturated carbocycles. The summed E-state index contributed by atoms with van der Waals surface area (Å²) in [5.74, 6) is 0.635. The molecular weight excluding hydrogens is 430 g/mol. The van der Waals surface area contributed by atoms with Crippen molar-refractivity contribution in [3.63, 3.8) is 0 Å². The SMILES string of the molecule is N#Cc1ccccc1CCC(=O)NCCN1C(=O)S/C(=C\c2ccc3c(c2)OCO3)C1=O. The van der Waals surface area contributed by atoms with E-state index in [1.807, 2.05) is 12.1 Å². The van der Waals surface area contributed by atoms with Crippen molar-refractivity contribution in [3.8, 4) is 17.6 Å². The van der Waals surface area contributed by atoms with E-state index in [0.717, 1.165) is 27.8 Å². The van der Waals surface area contributed by atoms with Gasteiger partial charge in [0.1, 0.15) is 0 Å². The number of hydrogen-bond donors (Lipinski definition) is 1. The Labute approximate surface area is 188 Å². The predicted octanol–water partition coefficient (Wildman–Crippen LogP) is 3.07. The normalized spacial score (nSPS) is 15.8. The van der Waals surface area contributed by atoms with Gasteiger partial charge in [-0.15, -0.1) is 0 Å². The Morgan fingerprint density at radius 1 is 1.19 bits per heavy atom. The number of nitrogens with one attached hydrogen (secondary N) is 1. The van der Waals surface area contributed by atoms with Crippen LogP contribution in [0.3, 0.4) is 0 Å². The Balaban J connectivity index is 1.28. The zero-order chi connectivity index (χ0) is 22.5. The smallest absolute Gasteiger partial charge is 0.293 e. The van der Waals surface area contributed by atoms with Gasteiger partial charge < -0.3 is 14.8 Å². The Kier molecular flexibility index (Phi) is 6.42. The molecule has 2 aromatic carbocycles. The molecule has 0 spiro atoms. The van der Waals surface area contributed by atoms with E-state index >= 15 is 0 Å². The summed E-state index contributed by atoms with van der Waals surface area (Å²) in [5.41, 5.74) is 2.09. The Morgan fingerprint density at radius 2 is 2.00 bits per heavy atom. The molecular formula is C23H19N3O5S. The Hall–Kier alpha value is -3.77. The van der Waals surface area contributed by atoms with Crippen molar-refractivity contribution in [1.82, 2.24) is 10.2 Å². The summed E-state index contributed by atoms with van der Waals surface area (Å²) in [4.78, 5) is 38.5. The maximum Gasteiger partial charge on any atom is 0.293 e. The minimum Gasteiger partial charge on any atom is -0.454 e. The highest BCUT2D eigenvalue weighted by Gasteiger charge is 2.34. The van der Waals surface area contributed by atoms with Crippen LogP contribution in [0.1, 0.15) is 23.1 Å². The van der Waals surface area contributed by atoms with Crippen molar-refractivity contribution in [2.24, 2.45) is 0 Å². The van der Waals surface area contributed by atoms with E-state index in [-0.39, 0.29) is 37.4 Å². The van der Waals surface area contributed by atoms with Gasteiger partial charge in [0.2, 0.25) is 12.7 Å². The van der Waals surface area contributed by atoms with Crippen LogP contribution in [-0.2, 0) is 16.0 Å². The van der Waals surface area contributed by atoms with E-state index in [1.54, 1.807) is 36.4 Å². The van der Waals surface area contributed by atoms with E-state index in [1.165, 1.54) is 0 Å². The fraction of sp³-hybridized carbons (Fsp3) is 0.217. The molecule has 2 heterocycles. The van der Waals surface area contributed by atoms with Crippen molar-refractivity contribution in [3.05, 3.63) is 64.1 Å². The first-order chi connectivity index (χ1) is 15.5. The number of fused-ring (bicyclic) bond motifs is 1. The van der Waals surface area contributed by atoms with Crippen molar-refractivity contribution in [1.29, 1.82) is 5.26 Å². The number of hydrogen-bond acceptors (Lipinski definition) is 7. The molecule has 0 atom stereocenters. The number of nitriles is 1. The highest BCUT2D eigenvalue weighted by molar-refractivity contribution is 8.18. The number of rotatable bonds is 7. The molecule has 0 bridgehead atoms. The number of carbonyl (C=O) groups excluding carboxylic acids is 3. The van der Waals surface area contributed by atoms with Crippen molar-refractivity contribution < 1.29 is 23.9 Å². The van der Waals surface area contributed by atoms with Crippen LogP contribution < -0.4 is 14.8 Å². The summed E-state index contributed by atoms with van der Waals surface area (Å²) < 4.78 is 10.6. The molecule has 0 aliphatic carbocycles. The predicted molar refractivity (Wildman–Crippen MR) is 118 cm³/mol. The molecule has 0 aromatic heterocycles. The zero-order valence-electron chi connectivity index (χ0n) is 17.0. The molecule has 9 heteroatoms. The number of ether oxygens (including phenoxy) is 2. The van der Waals surface area contributed by atoms with Crippen LogP contribution >= 0.6 is 11.8 Å². The van der Waals surface area contributed by atoms with Crippen LogP contribution in [0.15, 0.2) is 47.4 Å². The lowest BCUT2D eigenvalue weighted by molar-refractivity contribution is -0.124. The standard InChI is InChI=1S/C23H19N3O5S/c24-13-17-4-2-1-3-16(17)6-8-21(27)25-9-10-26-22(28)20(32-23(26)29)12-15-5-7-18-19(11-15)31-14-30-18/h1-5,7,11-12H,6,8-10,14H2,(H,25,27)/b20-12-. The Bertz CT molecular complexity index is 1150. The minimum absolute atomic E-state index is 0.0870. The summed E-state index contributed by atoms with van der Waals surface area (Å²) in [6, 6.07) is 14.5. The molecule has 0 unspecified atom stereocenters. The molecule has 32 heavy (non-hydrogen) atoms. The maximum absolute atomic E-state index is 12.6. The van der Waals surface area contributed by atoms with E-state index < -0.39 is 5.91 Å². The van der Waals surface area contributed by atoms with Gasteiger partial charge in [-0.1, -0.05) is 24.3 Å². The number of aryl methyl sites for hydroxylation is 1. The van der Waals surface area contributed by atoms with E-state index in [9.17, 15) is 14.4 Å². The van der Waals surface area contributed by atoms with Gasteiger partial charge >= 0.3 is 0 Å². The quantitative estimate of drug-likeness (QED) is 0.647. The number of nitrogens with zero attached hydrogens (tertiary/aromatic N) is 2. The number of carbonyl (C=O) groups is 3. The van der Waals surface area contributed by atoms with Gasteiger partial charge in [0.15, 0.2) is 11.5 Å². The molecule has 1 N–H and O–H groups in total. The highest BCUT2D eigenvalue weighted by Crippen LogP contribution is 2.36. The monoisotopic (exact) mass is 449 g/mol. The van der Waals surface area contributed by atoms with Gasteiger partial charge in [0.25, 0.3) is 11.1 Å². The van der Waals surface area contributed by atoms with Gasteiger partial charge in [-0.25, -0.2) is 0 Å². The highest BCUT2D eigenvalue weighted by atomic mass is 32.2. The average Bonchev–Trinajstić information content (AvgIpc) is 3.37. The Morgan fingerprint density at radius 3 is 2.84 bits per heavy atom. The number of amides is 3. The van der Waals surface area contributed by atoms with Gasteiger partial charge in [-0.05, 0) is 53.6 Å². The van der Waals surface area contributed by atoms with Gasteiger partial charge in [0.05, 0.1) is 16.5 Å². The second kappa shape index (κ2) is 9.58. The molecule has 2 aromatic rings. The fourth-order valence-electron chi connectivity index (χ4n) is 3.34. The number of benzene rings is 2. The van der Waals surface area contributed by atoms with E-state index in [4.69, 9.17) is 14.7 Å². The van der Waals surface area contributed by atoms with Crippen LogP contribution in [0.25, 0.3) is 6.08 Å². The lowest BCUT2D eigenvalue weighted by Gasteiger charge is -2.13. The van der Waals surface area contributed by atoms with Crippen LogP contribution in [0.2, 0.25) is 0 Å². The lowest BCUT2D eigenvalue weighted by Crippen LogP contribution is -2.37. The second-order valence-corrected chi connectivity index (χ2v) is 8.06. The minimum atomic E-state index is -0.394. The summed E-state index contributed by atoms with van der Waals surface area (Å²) in [5, 5.41) is 11.5. The van der Waals surface area contributed by atoms with Gasteiger partial charge in [-0.3, -0.25) is 19.3 Å². The zero-order valence-corrected chi connectivity index (χ0v) is 17.8. The molecule has 2 aliphatic rings. The van der Waals surface area contributed by atoms with Crippen molar-refractivity contribution in [2.45, 2.75) is 12.8 Å². The second-order valence-electron chi connectivity index (χ2n) is 7.06. The number of thioether (sulfide) groups is 1. The van der Waals surface area contributed by atoms with Crippen molar-refractivity contribution in [2.75, 3.05) is 19.9 Å². The topological polar surface area (TPSA) is 109 Å². The molecule has 1 fully saturated rings. The molecule has 2 aliphatic heterocycles. The third-order valence-electron chi connectivity index (χ3n) is 4.98. The van der Waals surface area contributed by atoms with Crippen LogP contribution in [0.5, 0.6) is 11.5 Å². The summed E-state index contributed by atoms with van der Waals surface area (Å²) in [6.07, 6.45) is 2.29. The molecule has 0 radical (unpaired) electrons. The van der Waals surface area contributed by atoms with Gasteiger partial charge in [-0.2, -0.15) is 5.26 Å².